The van der Waals surface area contributed by atoms with E-state index in [1.165, 1.54) is 17.7 Å². The van der Waals surface area contributed by atoms with Crippen LogP contribution < -0.4 is 5.32 Å². The number of ether oxygens (including phenoxy) is 1. The summed E-state index contributed by atoms with van der Waals surface area (Å²) in [6.45, 7) is 6.29. The van der Waals surface area contributed by atoms with Crippen molar-refractivity contribution in [1.29, 1.82) is 0 Å². The molecule has 7 nitrogen and oxygen atoms in total. The quantitative estimate of drug-likeness (QED) is 0.602. The number of rotatable bonds is 6. The number of imidazole rings is 1. The zero-order valence-corrected chi connectivity index (χ0v) is 18.5. The predicted octanol–water partition coefficient (Wildman–Crippen LogP) is 1.90. The van der Waals surface area contributed by atoms with E-state index in [2.05, 4.69) is 49.4 Å². The van der Waals surface area contributed by atoms with Crippen LogP contribution in [0.2, 0.25) is 0 Å². The van der Waals surface area contributed by atoms with Crippen molar-refractivity contribution in [1.82, 2.24) is 25.1 Å². The normalized spacial score (nSPS) is 30.5. The zero-order valence-electron chi connectivity index (χ0n) is 18.5. The molecule has 4 aliphatic rings. The standard InChI is InChI=1S/C25H28FN5O2/c26-19-6-7-20-21(10-19)28-22(27-20)13-33-14-23(32)29-24-17-11-30-8-9-31(12-17)16-25(24,15-30)18-4-2-1-3-5-18/h1-7,10,17,24H,8-9,11-16H2,(H,27,28)(H,29,32)/t17?,24-,25?/m0/s1. The Kier molecular flexibility index (Phi) is 5.16. The number of benzene rings is 2. The molecular formula is C25H28FN5O2. The molecule has 3 aromatic rings. The number of aromatic nitrogens is 2. The van der Waals surface area contributed by atoms with Crippen molar-refractivity contribution in [2.75, 3.05) is 45.9 Å². The van der Waals surface area contributed by atoms with Gasteiger partial charge < -0.3 is 24.8 Å². The minimum atomic E-state index is -0.315. The minimum absolute atomic E-state index is 0.0348. The molecule has 0 aliphatic carbocycles. The molecule has 4 fully saturated rings. The summed E-state index contributed by atoms with van der Waals surface area (Å²) in [5.41, 5.74) is 2.49. The van der Waals surface area contributed by atoms with Crippen LogP contribution in [0, 0.1) is 11.7 Å². The van der Waals surface area contributed by atoms with Crippen LogP contribution in [0.15, 0.2) is 48.5 Å². The molecule has 33 heavy (non-hydrogen) atoms. The van der Waals surface area contributed by atoms with Gasteiger partial charge in [0.15, 0.2) is 0 Å². The number of amides is 1. The number of piperidine rings is 2. The molecule has 4 aliphatic heterocycles. The van der Waals surface area contributed by atoms with Gasteiger partial charge in [-0.05, 0) is 23.8 Å². The number of nitrogens with one attached hydrogen (secondary N) is 2. The van der Waals surface area contributed by atoms with Crippen LogP contribution in [-0.4, -0.2) is 77.6 Å². The first-order valence-corrected chi connectivity index (χ1v) is 11.6. The number of halogens is 1. The lowest BCUT2D eigenvalue weighted by Crippen LogP contribution is -2.70. The van der Waals surface area contributed by atoms with Crippen molar-refractivity contribution in [3.8, 4) is 0 Å². The van der Waals surface area contributed by atoms with Gasteiger partial charge in [-0.1, -0.05) is 30.3 Å². The van der Waals surface area contributed by atoms with E-state index in [4.69, 9.17) is 4.74 Å². The molecule has 4 saturated heterocycles. The Bertz CT molecular complexity index is 1150. The van der Waals surface area contributed by atoms with Gasteiger partial charge in [-0.25, -0.2) is 9.37 Å². The van der Waals surface area contributed by atoms with Crippen molar-refractivity contribution in [2.45, 2.75) is 18.1 Å². The molecule has 7 rings (SSSR count). The lowest BCUT2D eigenvalue weighted by molar-refractivity contribution is -0.129. The van der Waals surface area contributed by atoms with Crippen molar-refractivity contribution in [3.05, 3.63) is 65.7 Å². The second-order valence-electron chi connectivity index (χ2n) is 9.64. The van der Waals surface area contributed by atoms with Crippen LogP contribution >= 0.6 is 0 Å². The average molecular weight is 450 g/mol. The van der Waals surface area contributed by atoms with Crippen LogP contribution in [0.5, 0.6) is 0 Å². The Morgan fingerprint density at radius 3 is 2.67 bits per heavy atom. The SMILES string of the molecule is O=C(COCc1nc2ccc(F)cc2[nH]1)N[C@H]1C2CN3CCN(C2)CC1(c1ccccc1)C3. The monoisotopic (exact) mass is 449 g/mol. The van der Waals surface area contributed by atoms with E-state index in [9.17, 15) is 9.18 Å². The highest BCUT2D eigenvalue weighted by Gasteiger charge is 2.55. The third-order valence-electron chi connectivity index (χ3n) is 7.43. The van der Waals surface area contributed by atoms with E-state index < -0.39 is 0 Å². The molecule has 0 saturated carbocycles. The second-order valence-corrected chi connectivity index (χ2v) is 9.64. The van der Waals surface area contributed by atoms with E-state index in [-0.39, 0.29) is 36.4 Å². The van der Waals surface area contributed by atoms with Gasteiger partial charge in [-0.2, -0.15) is 0 Å². The highest BCUT2D eigenvalue weighted by atomic mass is 19.1. The van der Waals surface area contributed by atoms with Crippen molar-refractivity contribution < 1.29 is 13.9 Å². The maximum atomic E-state index is 13.4. The molecule has 0 spiro atoms. The van der Waals surface area contributed by atoms with E-state index in [1.54, 1.807) is 6.07 Å². The van der Waals surface area contributed by atoms with Gasteiger partial charge in [0.05, 0.1) is 11.0 Å². The van der Waals surface area contributed by atoms with Crippen LogP contribution in [0.4, 0.5) is 4.39 Å². The van der Waals surface area contributed by atoms with Gasteiger partial charge >= 0.3 is 0 Å². The summed E-state index contributed by atoms with van der Waals surface area (Å²) in [5.74, 6) is 0.554. The molecule has 172 valence electrons. The van der Waals surface area contributed by atoms with Crippen LogP contribution in [0.25, 0.3) is 11.0 Å². The van der Waals surface area contributed by atoms with Crippen LogP contribution in [-0.2, 0) is 21.6 Å². The van der Waals surface area contributed by atoms with E-state index in [0.717, 1.165) is 39.3 Å². The first kappa shape index (κ1) is 20.8. The van der Waals surface area contributed by atoms with Crippen LogP contribution in [0.1, 0.15) is 11.4 Å². The Labute approximate surface area is 191 Å². The molecule has 1 amide bonds. The minimum Gasteiger partial charge on any atom is -0.364 e. The maximum absolute atomic E-state index is 13.4. The molecule has 8 heteroatoms. The lowest BCUT2D eigenvalue weighted by Gasteiger charge is -2.55. The number of hydrogen-bond donors (Lipinski definition) is 2. The molecule has 3 atom stereocenters. The number of hydrogen-bond acceptors (Lipinski definition) is 5. The fourth-order valence-corrected chi connectivity index (χ4v) is 6.13. The summed E-state index contributed by atoms with van der Waals surface area (Å²) in [5, 5.41) is 3.35. The Morgan fingerprint density at radius 2 is 1.91 bits per heavy atom. The second kappa shape index (κ2) is 8.20. The smallest absolute Gasteiger partial charge is 0.246 e. The number of fused-ring (bicyclic) bond motifs is 2. The number of carbonyl (C=O) groups is 1. The van der Waals surface area contributed by atoms with Gasteiger partial charge in [-0.3, -0.25) is 4.79 Å². The Morgan fingerprint density at radius 1 is 1.15 bits per heavy atom. The summed E-state index contributed by atoms with van der Waals surface area (Å²) in [6.07, 6.45) is 0. The molecule has 1 aromatic heterocycles. The zero-order chi connectivity index (χ0) is 22.4. The van der Waals surface area contributed by atoms with E-state index in [1.807, 2.05) is 6.07 Å². The number of H-pyrrole nitrogens is 1. The number of aromatic amines is 1. The topological polar surface area (TPSA) is 73.5 Å². The molecule has 2 unspecified atom stereocenters. The molecule has 0 radical (unpaired) electrons. The molecular weight excluding hydrogens is 421 g/mol. The van der Waals surface area contributed by atoms with Gasteiger partial charge in [0, 0.05) is 56.6 Å². The molecule has 4 bridgehead atoms. The molecule has 5 heterocycles. The van der Waals surface area contributed by atoms with Gasteiger partial charge in [0.1, 0.15) is 24.9 Å². The first-order valence-electron chi connectivity index (χ1n) is 11.6. The van der Waals surface area contributed by atoms with Gasteiger partial charge in [-0.15, -0.1) is 0 Å². The van der Waals surface area contributed by atoms with Crippen LogP contribution in [0.3, 0.4) is 0 Å². The summed E-state index contributed by atoms with van der Waals surface area (Å²) in [7, 11) is 0. The van der Waals surface area contributed by atoms with Crippen molar-refractivity contribution >= 4 is 16.9 Å². The van der Waals surface area contributed by atoms with E-state index >= 15 is 0 Å². The van der Waals surface area contributed by atoms with E-state index in [0.29, 0.717) is 22.8 Å². The Hall–Kier alpha value is -2.81. The summed E-state index contributed by atoms with van der Waals surface area (Å²) < 4.78 is 19.1. The summed E-state index contributed by atoms with van der Waals surface area (Å²) in [4.78, 5) is 25.5. The predicted molar refractivity (Wildman–Crippen MR) is 122 cm³/mol. The van der Waals surface area contributed by atoms with Crippen molar-refractivity contribution in [3.63, 3.8) is 0 Å². The van der Waals surface area contributed by atoms with Gasteiger partial charge in [0.25, 0.3) is 0 Å². The average Bonchev–Trinajstić information content (AvgIpc) is 3.03. The fourth-order valence-electron chi connectivity index (χ4n) is 6.13. The fraction of sp³-hybridized carbons (Fsp3) is 0.440. The van der Waals surface area contributed by atoms with Crippen molar-refractivity contribution in [2.24, 2.45) is 5.92 Å². The highest BCUT2D eigenvalue weighted by Crippen LogP contribution is 2.43. The first-order chi connectivity index (χ1) is 16.1. The lowest BCUT2D eigenvalue weighted by atomic mass is 9.64. The largest absolute Gasteiger partial charge is 0.364 e. The molecule has 2 N–H and O–H groups in total. The number of nitrogens with zero attached hydrogens (tertiary/aromatic N) is 3. The maximum Gasteiger partial charge on any atom is 0.246 e. The Balaban J connectivity index is 1.15. The van der Waals surface area contributed by atoms with Gasteiger partial charge in [0.2, 0.25) is 5.91 Å². The summed E-state index contributed by atoms with van der Waals surface area (Å²) >= 11 is 0. The summed E-state index contributed by atoms with van der Waals surface area (Å²) in [6, 6.07) is 15.1. The third-order valence-corrected chi connectivity index (χ3v) is 7.43. The third kappa shape index (κ3) is 3.82. The number of carbonyl (C=O) groups excluding carboxylic acids is 1. The molecule has 2 aromatic carbocycles. The highest BCUT2D eigenvalue weighted by molar-refractivity contribution is 5.78.